The number of nitrogens with one attached hydrogen (secondary N) is 2. The van der Waals surface area contributed by atoms with Crippen molar-refractivity contribution in [3.05, 3.63) is 53.1 Å². The van der Waals surface area contributed by atoms with E-state index < -0.39 is 11.7 Å². The first kappa shape index (κ1) is 16.0. The molecule has 7 heteroatoms. The number of H-pyrrole nitrogens is 1. The van der Waals surface area contributed by atoms with E-state index in [9.17, 15) is 18.3 Å². The van der Waals surface area contributed by atoms with Crippen LogP contribution in [0, 0.1) is 0 Å². The Kier molecular flexibility index (Phi) is 3.68. The molecule has 0 amide bonds. The van der Waals surface area contributed by atoms with Gasteiger partial charge in [-0.3, -0.25) is 0 Å². The summed E-state index contributed by atoms with van der Waals surface area (Å²) in [5.74, 6) is 0.378. The monoisotopic (exact) mass is 347 g/mol. The molecular formula is C18H16F3N3O. The van der Waals surface area contributed by atoms with Crippen molar-refractivity contribution < 1.29 is 18.3 Å². The van der Waals surface area contributed by atoms with E-state index in [1.165, 1.54) is 11.6 Å². The van der Waals surface area contributed by atoms with Gasteiger partial charge in [0.25, 0.3) is 0 Å². The molecule has 1 aliphatic rings. The van der Waals surface area contributed by atoms with E-state index in [2.05, 4.69) is 15.3 Å². The molecule has 25 heavy (non-hydrogen) atoms. The molecule has 0 fully saturated rings. The van der Waals surface area contributed by atoms with Crippen molar-refractivity contribution >= 4 is 22.7 Å². The first-order valence-corrected chi connectivity index (χ1v) is 8.03. The van der Waals surface area contributed by atoms with E-state index in [0.29, 0.717) is 23.4 Å². The smallest absolute Gasteiger partial charge is 0.393 e. The number of alkyl halides is 3. The molecule has 1 aliphatic carbocycles. The number of anilines is 2. The van der Waals surface area contributed by atoms with Gasteiger partial charge < -0.3 is 15.4 Å². The van der Waals surface area contributed by atoms with E-state index in [1.807, 2.05) is 18.2 Å². The van der Waals surface area contributed by atoms with Gasteiger partial charge in [-0.2, -0.15) is 13.2 Å². The van der Waals surface area contributed by atoms with Crippen molar-refractivity contribution in [2.75, 3.05) is 5.32 Å². The van der Waals surface area contributed by atoms with Gasteiger partial charge in [-0.1, -0.05) is 12.1 Å². The van der Waals surface area contributed by atoms with Crippen molar-refractivity contribution in [2.24, 2.45) is 0 Å². The SMILES string of the molecule is OC1CCc2cccc(Nc3nc4ccc(C(F)(F)F)cc4[nH]3)c2C1. The second-order valence-electron chi connectivity index (χ2n) is 6.28. The molecule has 1 aromatic heterocycles. The van der Waals surface area contributed by atoms with Crippen molar-refractivity contribution in [2.45, 2.75) is 31.5 Å². The fourth-order valence-electron chi connectivity index (χ4n) is 3.26. The van der Waals surface area contributed by atoms with Crippen LogP contribution in [0.15, 0.2) is 36.4 Å². The van der Waals surface area contributed by atoms with Crippen LogP contribution in [-0.4, -0.2) is 21.2 Å². The van der Waals surface area contributed by atoms with Gasteiger partial charge in [0.2, 0.25) is 5.95 Å². The maximum atomic E-state index is 12.8. The number of fused-ring (bicyclic) bond motifs is 2. The molecule has 130 valence electrons. The number of hydrogen-bond acceptors (Lipinski definition) is 3. The molecule has 1 heterocycles. The number of nitrogens with zero attached hydrogens (tertiary/aromatic N) is 1. The lowest BCUT2D eigenvalue weighted by atomic mass is 9.88. The van der Waals surface area contributed by atoms with Gasteiger partial charge in [-0.15, -0.1) is 0 Å². The second kappa shape index (κ2) is 5.77. The van der Waals surface area contributed by atoms with Gasteiger partial charge in [0.1, 0.15) is 0 Å². The summed E-state index contributed by atoms with van der Waals surface area (Å²) >= 11 is 0. The zero-order chi connectivity index (χ0) is 17.6. The predicted octanol–water partition coefficient (Wildman–Crippen LogP) is 4.17. The van der Waals surface area contributed by atoms with Gasteiger partial charge in [0.15, 0.2) is 0 Å². The third-order valence-electron chi connectivity index (χ3n) is 4.52. The summed E-state index contributed by atoms with van der Waals surface area (Å²) < 4.78 is 38.5. The van der Waals surface area contributed by atoms with Crippen molar-refractivity contribution in [3.8, 4) is 0 Å². The van der Waals surface area contributed by atoms with E-state index in [0.717, 1.165) is 36.2 Å². The number of hydrogen-bond donors (Lipinski definition) is 3. The second-order valence-corrected chi connectivity index (χ2v) is 6.28. The van der Waals surface area contributed by atoms with E-state index >= 15 is 0 Å². The average molecular weight is 347 g/mol. The van der Waals surface area contributed by atoms with Crippen molar-refractivity contribution in [1.29, 1.82) is 0 Å². The maximum Gasteiger partial charge on any atom is 0.416 e. The van der Waals surface area contributed by atoms with E-state index in [4.69, 9.17) is 0 Å². The van der Waals surface area contributed by atoms with Gasteiger partial charge in [-0.25, -0.2) is 4.98 Å². The maximum absolute atomic E-state index is 12.8. The zero-order valence-corrected chi connectivity index (χ0v) is 13.2. The molecule has 1 atom stereocenters. The van der Waals surface area contributed by atoms with Crippen LogP contribution in [0.3, 0.4) is 0 Å². The highest BCUT2D eigenvalue weighted by atomic mass is 19.4. The molecule has 0 radical (unpaired) electrons. The first-order chi connectivity index (χ1) is 11.9. The quantitative estimate of drug-likeness (QED) is 0.652. The zero-order valence-electron chi connectivity index (χ0n) is 13.2. The molecule has 1 unspecified atom stereocenters. The van der Waals surface area contributed by atoms with Crippen LogP contribution >= 0.6 is 0 Å². The molecular weight excluding hydrogens is 331 g/mol. The lowest BCUT2D eigenvalue weighted by Gasteiger charge is -2.23. The summed E-state index contributed by atoms with van der Waals surface area (Å²) in [6, 6.07) is 9.25. The summed E-state index contributed by atoms with van der Waals surface area (Å²) in [7, 11) is 0. The standard InChI is InChI=1S/C18H16F3N3O/c19-18(20,21)11-5-7-15-16(8-11)24-17(23-15)22-14-3-1-2-10-4-6-12(25)9-13(10)14/h1-3,5,7-8,12,25H,4,6,9H2,(H2,22,23,24). The van der Waals surface area contributed by atoms with E-state index in [1.54, 1.807) is 0 Å². The number of aryl methyl sites for hydroxylation is 1. The molecule has 3 aromatic rings. The van der Waals surface area contributed by atoms with E-state index in [-0.39, 0.29) is 6.10 Å². The van der Waals surface area contributed by atoms with Crippen LogP contribution < -0.4 is 5.32 Å². The predicted molar refractivity (Wildman–Crippen MR) is 88.9 cm³/mol. The highest BCUT2D eigenvalue weighted by molar-refractivity contribution is 5.79. The van der Waals surface area contributed by atoms with Crippen LogP contribution in [0.1, 0.15) is 23.1 Å². The Balaban J connectivity index is 1.68. The average Bonchev–Trinajstić information content (AvgIpc) is 2.96. The minimum absolute atomic E-state index is 0.321. The molecule has 0 aliphatic heterocycles. The molecule has 0 saturated heterocycles. The fourth-order valence-corrected chi connectivity index (χ4v) is 3.26. The van der Waals surface area contributed by atoms with Crippen LogP contribution in [0.2, 0.25) is 0 Å². The number of aliphatic hydroxyl groups excluding tert-OH is 1. The summed E-state index contributed by atoms with van der Waals surface area (Å²) in [5.41, 5.74) is 3.08. The Morgan fingerprint density at radius 2 is 2.04 bits per heavy atom. The minimum atomic E-state index is -4.39. The normalized spacial score (nSPS) is 17.5. The summed E-state index contributed by atoms with van der Waals surface area (Å²) in [6.45, 7) is 0. The summed E-state index contributed by atoms with van der Waals surface area (Å²) in [4.78, 5) is 7.19. The number of rotatable bonds is 2. The molecule has 4 rings (SSSR count). The van der Waals surface area contributed by atoms with Crippen LogP contribution in [0.5, 0.6) is 0 Å². The van der Waals surface area contributed by atoms with Gasteiger partial charge in [0, 0.05) is 12.1 Å². The Bertz CT molecular complexity index is 933. The number of benzene rings is 2. The number of aromatic amines is 1. The highest BCUT2D eigenvalue weighted by Gasteiger charge is 2.30. The highest BCUT2D eigenvalue weighted by Crippen LogP contribution is 2.33. The van der Waals surface area contributed by atoms with Crippen LogP contribution in [0.25, 0.3) is 11.0 Å². The Labute approximate surface area is 141 Å². The van der Waals surface area contributed by atoms with Crippen molar-refractivity contribution in [3.63, 3.8) is 0 Å². The first-order valence-electron chi connectivity index (χ1n) is 8.03. The van der Waals surface area contributed by atoms with Crippen LogP contribution in [0.4, 0.5) is 24.8 Å². The molecule has 0 bridgehead atoms. The number of imidazole rings is 1. The molecule has 0 spiro atoms. The largest absolute Gasteiger partial charge is 0.416 e. The number of halogens is 3. The molecule has 3 N–H and O–H groups in total. The van der Waals surface area contributed by atoms with Gasteiger partial charge in [-0.05, 0) is 48.2 Å². The third kappa shape index (κ3) is 3.07. The molecule has 2 aromatic carbocycles. The third-order valence-corrected chi connectivity index (χ3v) is 4.52. The van der Waals surface area contributed by atoms with Crippen molar-refractivity contribution in [1.82, 2.24) is 9.97 Å². The topological polar surface area (TPSA) is 60.9 Å². The number of aliphatic hydroxyl groups is 1. The Morgan fingerprint density at radius 3 is 2.84 bits per heavy atom. The molecule has 4 nitrogen and oxygen atoms in total. The van der Waals surface area contributed by atoms with Gasteiger partial charge in [0.05, 0.1) is 22.7 Å². The minimum Gasteiger partial charge on any atom is -0.393 e. The number of aromatic nitrogens is 2. The lowest BCUT2D eigenvalue weighted by molar-refractivity contribution is -0.137. The van der Waals surface area contributed by atoms with Gasteiger partial charge >= 0.3 is 6.18 Å². The summed E-state index contributed by atoms with van der Waals surface area (Å²) in [6.07, 6.45) is -2.67. The Morgan fingerprint density at radius 1 is 1.20 bits per heavy atom. The lowest BCUT2D eigenvalue weighted by Crippen LogP contribution is -2.19. The fraction of sp³-hybridized carbons (Fsp3) is 0.278. The summed E-state index contributed by atoms with van der Waals surface area (Å²) in [5, 5.41) is 13.1. The molecule has 0 saturated carbocycles. The van der Waals surface area contributed by atoms with Crippen LogP contribution in [-0.2, 0) is 19.0 Å². The Hall–Kier alpha value is -2.54.